The first kappa shape index (κ1) is 22.9. The molecule has 0 radical (unpaired) electrons. The highest BCUT2D eigenvalue weighted by Crippen LogP contribution is 2.34. The van der Waals surface area contributed by atoms with E-state index in [2.05, 4.69) is 5.92 Å². The molecule has 1 atom stereocenters. The molecule has 3 aromatic rings. The van der Waals surface area contributed by atoms with E-state index in [1.807, 2.05) is 42.5 Å². The minimum Gasteiger partial charge on any atom is -0.482 e. The van der Waals surface area contributed by atoms with Crippen molar-refractivity contribution in [1.82, 2.24) is 0 Å². The first-order valence-corrected chi connectivity index (χ1v) is 11.9. The lowest BCUT2D eigenvalue weighted by atomic mass is 10.0. The van der Waals surface area contributed by atoms with Crippen LogP contribution in [-0.4, -0.2) is 18.2 Å². The minimum absolute atomic E-state index is 0.248. The number of halogens is 2. The molecule has 1 unspecified atom stereocenters. The van der Waals surface area contributed by atoms with Gasteiger partial charge in [-0.2, -0.15) is 0 Å². The molecule has 1 aliphatic rings. The molecule has 4 rings (SSSR count). The summed E-state index contributed by atoms with van der Waals surface area (Å²) < 4.78 is 39.0. The van der Waals surface area contributed by atoms with E-state index >= 15 is 0 Å². The maximum atomic E-state index is 13.9. The van der Waals surface area contributed by atoms with Crippen LogP contribution in [0.1, 0.15) is 25.7 Å². The van der Waals surface area contributed by atoms with Gasteiger partial charge in [-0.05, 0) is 62.1 Å². The first-order valence-electron chi connectivity index (χ1n) is 10.7. The Hall–Kier alpha value is -3.30. The van der Waals surface area contributed by atoms with Crippen molar-refractivity contribution in [1.29, 1.82) is 0 Å². The van der Waals surface area contributed by atoms with E-state index in [1.54, 1.807) is 12.1 Å². The maximum absolute atomic E-state index is 13.9. The summed E-state index contributed by atoms with van der Waals surface area (Å²) in [7, 11) is -0.716. The Kier molecular flexibility index (Phi) is 7.00. The van der Waals surface area contributed by atoms with Gasteiger partial charge >= 0.3 is 5.97 Å². The fraction of sp³-hybridized carbons (Fsp3) is 0.222. The number of carbonyl (C=O) groups is 1. The van der Waals surface area contributed by atoms with Gasteiger partial charge < -0.3 is 9.47 Å². The van der Waals surface area contributed by atoms with E-state index < -0.39 is 34.1 Å². The average molecular weight is 466 g/mol. The highest BCUT2D eigenvalue weighted by Gasteiger charge is 2.36. The Balaban J connectivity index is 1.50. The quantitative estimate of drug-likeness (QED) is 0.247. The predicted molar refractivity (Wildman–Crippen MR) is 123 cm³/mol. The van der Waals surface area contributed by atoms with Crippen LogP contribution in [0.2, 0.25) is 0 Å². The van der Waals surface area contributed by atoms with Gasteiger partial charge in [-0.25, -0.2) is 13.6 Å². The zero-order valence-electron chi connectivity index (χ0n) is 17.9. The number of rotatable bonds is 7. The third-order valence-corrected chi connectivity index (χ3v) is 7.64. The topological polar surface area (TPSA) is 35.5 Å². The minimum atomic E-state index is -0.811. The van der Waals surface area contributed by atoms with E-state index in [1.165, 1.54) is 12.1 Å². The number of carbonyl (C=O) groups excluding carboxylic acids is 1. The van der Waals surface area contributed by atoms with Gasteiger partial charge in [0.2, 0.25) is 0 Å². The smallest absolute Gasteiger partial charge is 0.345 e. The van der Waals surface area contributed by atoms with Gasteiger partial charge in [0.15, 0.2) is 26.9 Å². The van der Waals surface area contributed by atoms with Gasteiger partial charge in [0.05, 0.1) is 10.9 Å². The van der Waals surface area contributed by atoms with Crippen molar-refractivity contribution >= 4 is 16.9 Å². The van der Waals surface area contributed by atoms with Gasteiger partial charge in [0, 0.05) is 18.2 Å². The lowest BCUT2D eigenvalue weighted by Gasteiger charge is -2.22. The van der Waals surface area contributed by atoms with Gasteiger partial charge in [0.1, 0.15) is 17.4 Å². The summed E-state index contributed by atoms with van der Waals surface area (Å²) in [6.07, 6.45) is 8.80. The van der Waals surface area contributed by atoms with Crippen molar-refractivity contribution in [3.8, 4) is 18.1 Å². The standard InChI is InChI=1S/C27H23F2O3S/c1-2-27(14-6-7-15-27)32-26(30)19-31-22-10-12-24(13-11-22)33(23-8-4-3-5-9-23)25-17-20(28)16-21(29)18-25/h1,3-5,8-13,16-18H,6-7,14-15,19H2/q+1. The van der Waals surface area contributed by atoms with Crippen molar-refractivity contribution in [2.75, 3.05) is 6.61 Å². The normalized spacial score (nSPS) is 15.4. The van der Waals surface area contributed by atoms with Crippen LogP contribution in [0.15, 0.2) is 87.5 Å². The van der Waals surface area contributed by atoms with E-state index in [-0.39, 0.29) is 6.61 Å². The summed E-state index contributed by atoms with van der Waals surface area (Å²) >= 11 is 0. The number of terminal acetylenes is 1. The molecule has 0 aliphatic heterocycles. The molecular weight excluding hydrogens is 442 g/mol. The monoisotopic (exact) mass is 465 g/mol. The van der Waals surface area contributed by atoms with Crippen LogP contribution in [-0.2, 0) is 20.4 Å². The van der Waals surface area contributed by atoms with Gasteiger partial charge in [0.25, 0.3) is 0 Å². The van der Waals surface area contributed by atoms with Crippen molar-refractivity contribution in [3.05, 3.63) is 84.4 Å². The highest BCUT2D eigenvalue weighted by molar-refractivity contribution is 7.97. The van der Waals surface area contributed by atoms with Gasteiger partial charge in [-0.1, -0.05) is 24.1 Å². The van der Waals surface area contributed by atoms with Crippen molar-refractivity contribution in [3.63, 3.8) is 0 Å². The summed E-state index contributed by atoms with van der Waals surface area (Å²) in [6.45, 7) is -0.248. The molecule has 33 heavy (non-hydrogen) atoms. The van der Waals surface area contributed by atoms with Crippen LogP contribution in [0.25, 0.3) is 0 Å². The van der Waals surface area contributed by atoms with Crippen LogP contribution in [0.5, 0.6) is 5.75 Å². The molecule has 0 bridgehead atoms. The summed E-state index contributed by atoms with van der Waals surface area (Å²) in [5.41, 5.74) is -0.811. The summed E-state index contributed by atoms with van der Waals surface area (Å²) in [5, 5.41) is 0. The second kappa shape index (κ2) is 10.1. The molecule has 0 heterocycles. The number of esters is 1. The largest absolute Gasteiger partial charge is 0.482 e. The lowest BCUT2D eigenvalue weighted by molar-refractivity contribution is -0.156. The summed E-state index contributed by atoms with van der Waals surface area (Å²) in [4.78, 5) is 14.6. The molecule has 3 aromatic carbocycles. The van der Waals surface area contributed by atoms with E-state index in [9.17, 15) is 13.6 Å². The third-order valence-electron chi connectivity index (χ3n) is 5.45. The van der Waals surface area contributed by atoms with Gasteiger partial charge in [-0.15, -0.1) is 6.42 Å². The molecule has 0 amide bonds. The van der Waals surface area contributed by atoms with Crippen LogP contribution in [0, 0.1) is 24.0 Å². The molecule has 0 spiro atoms. The Morgan fingerprint density at radius 2 is 1.52 bits per heavy atom. The van der Waals surface area contributed by atoms with Crippen molar-refractivity contribution in [2.45, 2.75) is 46.0 Å². The lowest BCUT2D eigenvalue weighted by Crippen LogP contribution is -2.32. The second-order valence-electron chi connectivity index (χ2n) is 7.80. The molecule has 0 N–H and O–H groups in total. The average Bonchev–Trinajstić information content (AvgIpc) is 3.28. The fourth-order valence-electron chi connectivity index (χ4n) is 3.89. The van der Waals surface area contributed by atoms with Crippen LogP contribution in [0.4, 0.5) is 8.78 Å². The molecule has 1 saturated carbocycles. The summed E-state index contributed by atoms with van der Waals surface area (Å²) in [6, 6.07) is 20.2. The zero-order valence-corrected chi connectivity index (χ0v) is 18.7. The summed E-state index contributed by atoms with van der Waals surface area (Å²) in [5.74, 6) is 1.36. The maximum Gasteiger partial charge on any atom is 0.345 e. The number of ether oxygens (including phenoxy) is 2. The first-order chi connectivity index (χ1) is 16.0. The second-order valence-corrected chi connectivity index (χ2v) is 9.83. The van der Waals surface area contributed by atoms with E-state index in [0.717, 1.165) is 28.7 Å². The van der Waals surface area contributed by atoms with Gasteiger partial charge in [-0.3, -0.25) is 0 Å². The number of hydrogen-bond donors (Lipinski definition) is 0. The van der Waals surface area contributed by atoms with E-state index in [4.69, 9.17) is 15.9 Å². The Labute approximate surface area is 195 Å². The van der Waals surface area contributed by atoms with Crippen LogP contribution in [0.3, 0.4) is 0 Å². The zero-order chi connectivity index (χ0) is 23.3. The fourth-order valence-corrected chi connectivity index (χ4v) is 6.01. The Morgan fingerprint density at radius 3 is 2.12 bits per heavy atom. The van der Waals surface area contributed by atoms with Crippen LogP contribution >= 0.6 is 0 Å². The molecular formula is C27H23F2O3S+. The Morgan fingerprint density at radius 1 is 0.909 bits per heavy atom. The molecule has 0 aromatic heterocycles. The molecule has 1 fully saturated rings. The molecule has 0 saturated heterocycles. The molecule has 3 nitrogen and oxygen atoms in total. The molecule has 6 heteroatoms. The third kappa shape index (κ3) is 5.55. The SMILES string of the molecule is C#CC1(OC(=O)COc2ccc([S+](c3ccccc3)c3cc(F)cc(F)c3)cc2)CCCC1. The van der Waals surface area contributed by atoms with Crippen molar-refractivity contribution in [2.24, 2.45) is 0 Å². The number of hydrogen-bond acceptors (Lipinski definition) is 3. The number of benzene rings is 3. The molecule has 168 valence electrons. The highest BCUT2D eigenvalue weighted by atomic mass is 32.2. The molecule has 1 aliphatic carbocycles. The van der Waals surface area contributed by atoms with Crippen molar-refractivity contribution < 1.29 is 23.0 Å². The van der Waals surface area contributed by atoms with Crippen LogP contribution < -0.4 is 4.74 Å². The Bertz CT molecular complexity index is 1130. The van der Waals surface area contributed by atoms with E-state index in [0.29, 0.717) is 23.5 Å². The predicted octanol–water partition coefficient (Wildman–Crippen LogP) is 5.93.